The molecule has 3 unspecified atom stereocenters. The minimum atomic E-state index is -0.706. The third kappa shape index (κ3) is 9.07. The van der Waals surface area contributed by atoms with Gasteiger partial charge in [0.05, 0.1) is 12.5 Å². The molecule has 2 aliphatic heterocycles. The summed E-state index contributed by atoms with van der Waals surface area (Å²) in [6.45, 7) is 6.45. The molecule has 0 spiro atoms. The first-order chi connectivity index (χ1) is 16.9. The number of esters is 1. The van der Waals surface area contributed by atoms with Crippen molar-refractivity contribution >= 4 is 17.8 Å². The quantitative estimate of drug-likeness (QED) is 0.502. The van der Waals surface area contributed by atoms with Gasteiger partial charge in [-0.15, -0.1) is 0 Å². The summed E-state index contributed by atoms with van der Waals surface area (Å²) in [6, 6.07) is 0. The number of amides is 1. The zero-order valence-corrected chi connectivity index (χ0v) is 22.0. The van der Waals surface area contributed by atoms with E-state index in [4.69, 9.17) is 14.2 Å². The van der Waals surface area contributed by atoms with Gasteiger partial charge in [0.25, 0.3) is 0 Å². The molecule has 3 fully saturated rings. The van der Waals surface area contributed by atoms with Crippen molar-refractivity contribution in [1.82, 2.24) is 5.32 Å². The number of hydrogen-bond acceptors (Lipinski definition) is 6. The number of ether oxygens (including phenoxy) is 3. The Morgan fingerprint density at radius 1 is 0.886 bits per heavy atom. The molecule has 3 atom stereocenters. The van der Waals surface area contributed by atoms with E-state index in [1.807, 2.05) is 13.8 Å². The molecule has 0 radical (unpaired) electrons. The molecule has 0 aromatic rings. The Morgan fingerprint density at radius 3 is 2.31 bits per heavy atom. The number of cyclic esters (lactones) is 1. The topological polar surface area (TPSA) is 90.9 Å². The second kappa shape index (κ2) is 14.2. The summed E-state index contributed by atoms with van der Waals surface area (Å²) in [6.07, 6.45) is 12.1. The summed E-state index contributed by atoms with van der Waals surface area (Å²) in [4.78, 5) is 38.0. The van der Waals surface area contributed by atoms with Crippen molar-refractivity contribution in [1.29, 1.82) is 0 Å². The van der Waals surface area contributed by atoms with E-state index in [9.17, 15) is 14.4 Å². The van der Waals surface area contributed by atoms with Gasteiger partial charge in [-0.05, 0) is 75.5 Å². The molecule has 7 heteroatoms. The van der Waals surface area contributed by atoms with E-state index < -0.39 is 12.2 Å². The molecule has 35 heavy (non-hydrogen) atoms. The molecular weight excluding hydrogens is 446 g/mol. The zero-order valence-electron chi connectivity index (χ0n) is 22.0. The van der Waals surface area contributed by atoms with Crippen LogP contribution in [-0.4, -0.2) is 50.3 Å². The van der Waals surface area contributed by atoms with Crippen LogP contribution in [0.3, 0.4) is 0 Å². The van der Waals surface area contributed by atoms with Gasteiger partial charge in [0, 0.05) is 25.7 Å². The van der Waals surface area contributed by atoms with Crippen molar-refractivity contribution in [3.63, 3.8) is 0 Å². The van der Waals surface area contributed by atoms with Crippen molar-refractivity contribution < 1.29 is 28.6 Å². The lowest BCUT2D eigenvalue weighted by Gasteiger charge is -2.35. The standard InChI is InChI=1S/C28H47NO6/c1-21-10-8-16-34-26(31)22(2)9-4-3-5-11-24(25(21)30)35-27(32)29-20-28(14-6-7-15-28)19-23-12-17-33-18-13-23/h21-24H,3-20H2,1-2H3,(H,29,32). The smallest absolute Gasteiger partial charge is 0.407 e. The summed E-state index contributed by atoms with van der Waals surface area (Å²) in [5.41, 5.74) is 0.149. The molecule has 3 aliphatic rings. The summed E-state index contributed by atoms with van der Waals surface area (Å²) < 4.78 is 16.7. The Hall–Kier alpha value is -1.63. The molecule has 1 saturated carbocycles. The van der Waals surface area contributed by atoms with Crippen LogP contribution in [0, 0.1) is 23.2 Å². The Morgan fingerprint density at radius 2 is 1.57 bits per heavy atom. The average molecular weight is 494 g/mol. The molecular formula is C28H47NO6. The molecule has 7 nitrogen and oxygen atoms in total. The van der Waals surface area contributed by atoms with Gasteiger partial charge >= 0.3 is 12.1 Å². The third-order valence-electron chi connectivity index (χ3n) is 8.42. The number of carbonyl (C=O) groups excluding carboxylic acids is 3. The second-order valence-electron chi connectivity index (χ2n) is 11.4. The Balaban J connectivity index is 1.53. The number of alkyl carbamates (subject to hydrolysis) is 1. The molecule has 0 aromatic heterocycles. The normalized spacial score (nSPS) is 29.7. The highest BCUT2D eigenvalue weighted by atomic mass is 16.6. The van der Waals surface area contributed by atoms with E-state index in [0.717, 1.165) is 71.0 Å². The van der Waals surface area contributed by atoms with Crippen LogP contribution < -0.4 is 5.32 Å². The highest BCUT2D eigenvalue weighted by Crippen LogP contribution is 2.44. The van der Waals surface area contributed by atoms with Crippen LogP contribution >= 0.6 is 0 Å². The van der Waals surface area contributed by atoms with Gasteiger partial charge in [-0.2, -0.15) is 0 Å². The Bertz CT molecular complexity index is 683. The van der Waals surface area contributed by atoms with E-state index in [0.29, 0.717) is 38.3 Å². The van der Waals surface area contributed by atoms with Crippen molar-refractivity contribution in [2.75, 3.05) is 26.4 Å². The number of hydrogen-bond donors (Lipinski definition) is 1. The lowest BCUT2D eigenvalue weighted by atomic mass is 9.75. The van der Waals surface area contributed by atoms with E-state index >= 15 is 0 Å². The van der Waals surface area contributed by atoms with E-state index in [-0.39, 0.29) is 29.0 Å². The Labute approximate surface area is 211 Å². The maximum Gasteiger partial charge on any atom is 0.407 e. The fourth-order valence-corrected chi connectivity index (χ4v) is 6.07. The van der Waals surface area contributed by atoms with Gasteiger partial charge in [0.2, 0.25) is 0 Å². The first kappa shape index (κ1) is 27.9. The van der Waals surface area contributed by atoms with Crippen molar-refractivity contribution in [3.8, 4) is 0 Å². The molecule has 2 saturated heterocycles. The first-order valence-corrected chi connectivity index (χ1v) is 14.1. The molecule has 1 aliphatic carbocycles. The fraction of sp³-hybridized carbons (Fsp3) is 0.893. The van der Waals surface area contributed by atoms with Gasteiger partial charge in [0.1, 0.15) is 0 Å². The molecule has 200 valence electrons. The SMILES string of the molecule is CC1CCCCCC(OC(=O)NCC2(CC3CCOCC3)CCCC2)C(=O)C(C)CCCOC1=O. The van der Waals surface area contributed by atoms with E-state index in [1.54, 1.807) is 0 Å². The highest BCUT2D eigenvalue weighted by Gasteiger charge is 2.37. The van der Waals surface area contributed by atoms with E-state index in [1.165, 1.54) is 12.8 Å². The summed E-state index contributed by atoms with van der Waals surface area (Å²) >= 11 is 0. The van der Waals surface area contributed by atoms with Crippen molar-refractivity contribution in [2.24, 2.45) is 23.2 Å². The minimum absolute atomic E-state index is 0.0188. The van der Waals surface area contributed by atoms with Crippen LogP contribution in [0.2, 0.25) is 0 Å². The molecule has 1 N–H and O–H groups in total. The highest BCUT2D eigenvalue weighted by molar-refractivity contribution is 5.87. The van der Waals surface area contributed by atoms with Crippen LogP contribution in [0.25, 0.3) is 0 Å². The van der Waals surface area contributed by atoms with Crippen molar-refractivity contribution in [3.05, 3.63) is 0 Å². The molecule has 1 amide bonds. The van der Waals surface area contributed by atoms with Crippen LogP contribution in [0.4, 0.5) is 4.79 Å². The largest absolute Gasteiger partial charge is 0.465 e. The minimum Gasteiger partial charge on any atom is -0.465 e. The number of nitrogens with one attached hydrogen (secondary N) is 1. The number of ketones is 1. The van der Waals surface area contributed by atoms with Crippen LogP contribution in [0.1, 0.15) is 104 Å². The predicted molar refractivity (Wildman–Crippen MR) is 134 cm³/mol. The molecule has 2 heterocycles. The van der Waals surface area contributed by atoms with Gasteiger partial charge in [0.15, 0.2) is 11.9 Å². The van der Waals surface area contributed by atoms with Gasteiger partial charge < -0.3 is 19.5 Å². The Kier molecular flexibility index (Phi) is 11.3. The first-order valence-electron chi connectivity index (χ1n) is 14.1. The van der Waals surface area contributed by atoms with E-state index in [2.05, 4.69) is 5.32 Å². The van der Waals surface area contributed by atoms with Gasteiger partial charge in [-0.3, -0.25) is 9.59 Å². The van der Waals surface area contributed by atoms with Crippen molar-refractivity contribution in [2.45, 2.75) is 110 Å². The fourth-order valence-electron chi connectivity index (χ4n) is 6.07. The number of Topliss-reactive ketones (excluding diaryl/α,β-unsaturated/α-hetero) is 1. The maximum atomic E-state index is 13.1. The lowest BCUT2D eigenvalue weighted by Crippen LogP contribution is -2.41. The van der Waals surface area contributed by atoms with Crippen LogP contribution in [-0.2, 0) is 23.8 Å². The van der Waals surface area contributed by atoms with Gasteiger partial charge in [-0.25, -0.2) is 4.79 Å². The number of carbonyl (C=O) groups is 3. The molecule has 0 aromatic carbocycles. The number of rotatable bonds is 5. The summed E-state index contributed by atoms with van der Waals surface area (Å²) in [5, 5.41) is 3.05. The second-order valence-corrected chi connectivity index (χ2v) is 11.4. The maximum absolute atomic E-state index is 13.1. The summed E-state index contributed by atoms with van der Waals surface area (Å²) in [7, 11) is 0. The predicted octanol–water partition coefficient (Wildman–Crippen LogP) is 5.59. The third-order valence-corrected chi connectivity index (χ3v) is 8.42. The lowest BCUT2D eigenvalue weighted by molar-refractivity contribution is -0.148. The van der Waals surface area contributed by atoms with Crippen LogP contribution in [0.15, 0.2) is 0 Å². The zero-order chi connectivity index (χ0) is 25.1. The molecule has 0 bridgehead atoms. The monoisotopic (exact) mass is 493 g/mol. The van der Waals surface area contributed by atoms with Crippen LogP contribution in [0.5, 0.6) is 0 Å². The van der Waals surface area contributed by atoms with Gasteiger partial charge in [-0.1, -0.05) is 39.5 Å². The molecule has 3 rings (SSSR count). The summed E-state index contributed by atoms with van der Waals surface area (Å²) in [5.74, 6) is 0.176. The average Bonchev–Trinajstić information content (AvgIpc) is 3.32.